The first-order chi connectivity index (χ1) is 19.5. The van der Waals surface area contributed by atoms with E-state index in [9.17, 15) is 14.4 Å². The van der Waals surface area contributed by atoms with Gasteiger partial charge in [-0.05, 0) is 54.6 Å². The molecule has 6 heteroatoms. The van der Waals surface area contributed by atoms with E-state index in [-0.39, 0.29) is 0 Å². The molecule has 0 spiro atoms. The third kappa shape index (κ3) is 4.52. The lowest BCUT2D eigenvalue weighted by molar-refractivity contribution is 0.0251. The van der Waals surface area contributed by atoms with Gasteiger partial charge in [0.1, 0.15) is 11.5 Å². The highest BCUT2D eigenvalue weighted by Crippen LogP contribution is 2.47. The van der Waals surface area contributed by atoms with Crippen LogP contribution in [0.25, 0.3) is 0 Å². The zero-order valence-electron chi connectivity index (χ0n) is 21.2. The maximum atomic E-state index is 13.0. The van der Waals surface area contributed by atoms with Gasteiger partial charge in [0.2, 0.25) is 0 Å². The maximum Gasteiger partial charge on any atom is 0.343 e. The maximum absolute atomic E-state index is 13.0. The van der Waals surface area contributed by atoms with E-state index < -0.39 is 23.5 Å². The fourth-order valence-corrected chi connectivity index (χ4v) is 4.81. The molecular formula is C34H22O6. The minimum Gasteiger partial charge on any atom is -0.441 e. The lowest BCUT2D eigenvalue weighted by Crippen LogP contribution is -2.29. The first kappa shape index (κ1) is 24.8. The third-order valence-electron chi connectivity index (χ3n) is 6.73. The number of rotatable bonds is 6. The number of hydrogen-bond donors (Lipinski definition) is 0. The Morgan fingerprint density at radius 2 is 1.00 bits per heavy atom. The molecule has 0 bridgehead atoms. The van der Waals surface area contributed by atoms with Crippen LogP contribution < -0.4 is 9.47 Å². The molecule has 194 valence electrons. The molecule has 1 atom stereocenters. The van der Waals surface area contributed by atoms with Gasteiger partial charge in [-0.1, -0.05) is 78.9 Å². The van der Waals surface area contributed by atoms with E-state index in [1.54, 1.807) is 109 Å². The van der Waals surface area contributed by atoms with E-state index in [0.29, 0.717) is 44.9 Å². The molecule has 0 aromatic heterocycles. The van der Waals surface area contributed by atoms with Gasteiger partial charge in [0.25, 0.3) is 0 Å². The van der Waals surface area contributed by atoms with Crippen LogP contribution in [0.1, 0.15) is 47.8 Å². The molecule has 0 N–H and O–H groups in total. The predicted molar refractivity (Wildman–Crippen MR) is 147 cm³/mol. The van der Waals surface area contributed by atoms with Crippen molar-refractivity contribution in [2.75, 3.05) is 0 Å². The summed E-state index contributed by atoms with van der Waals surface area (Å²) in [4.78, 5) is 38.3. The lowest BCUT2D eigenvalue weighted by atomic mass is 9.79. The zero-order valence-corrected chi connectivity index (χ0v) is 21.2. The summed E-state index contributed by atoms with van der Waals surface area (Å²) in [6, 6.07) is 38.4. The molecular weight excluding hydrogens is 504 g/mol. The minimum absolute atomic E-state index is 0.350. The van der Waals surface area contributed by atoms with Crippen molar-refractivity contribution < 1.29 is 28.6 Å². The van der Waals surface area contributed by atoms with Crippen LogP contribution in [0.2, 0.25) is 0 Å². The average Bonchev–Trinajstić information content (AvgIpc) is 3.31. The quantitative estimate of drug-likeness (QED) is 0.184. The highest BCUT2D eigenvalue weighted by molar-refractivity contribution is 5.96. The SMILES string of the molecule is O=C(Oc1ccc(C2(c3ccc(C(=O)Oc4ccccc4)cc3)OC(=O)c3ccccc32)cc1)c1ccccc1. The highest BCUT2D eigenvalue weighted by Gasteiger charge is 2.48. The number of ether oxygens (including phenoxy) is 3. The number of para-hydroxylation sites is 1. The molecule has 0 amide bonds. The molecule has 40 heavy (non-hydrogen) atoms. The van der Waals surface area contributed by atoms with Crippen molar-refractivity contribution in [3.8, 4) is 11.5 Å². The lowest BCUT2D eigenvalue weighted by Gasteiger charge is -2.30. The van der Waals surface area contributed by atoms with E-state index >= 15 is 0 Å². The van der Waals surface area contributed by atoms with Gasteiger partial charge in [-0.3, -0.25) is 0 Å². The van der Waals surface area contributed by atoms with Gasteiger partial charge in [0.15, 0.2) is 5.60 Å². The Morgan fingerprint density at radius 1 is 0.525 bits per heavy atom. The molecule has 0 aliphatic carbocycles. The van der Waals surface area contributed by atoms with Crippen LogP contribution in [0.5, 0.6) is 11.5 Å². The summed E-state index contributed by atoms with van der Waals surface area (Å²) in [6.07, 6.45) is 0. The van der Waals surface area contributed by atoms with Gasteiger partial charge in [-0.25, -0.2) is 14.4 Å². The van der Waals surface area contributed by atoms with Gasteiger partial charge < -0.3 is 14.2 Å². The van der Waals surface area contributed by atoms with Crippen LogP contribution in [-0.4, -0.2) is 17.9 Å². The summed E-state index contributed by atoms with van der Waals surface area (Å²) in [7, 11) is 0. The van der Waals surface area contributed by atoms with Gasteiger partial charge >= 0.3 is 17.9 Å². The van der Waals surface area contributed by atoms with Crippen molar-refractivity contribution in [1.29, 1.82) is 0 Å². The monoisotopic (exact) mass is 526 g/mol. The molecule has 0 saturated heterocycles. The second-order valence-corrected chi connectivity index (χ2v) is 9.18. The first-order valence-electron chi connectivity index (χ1n) is 12.6. The number of carbonyl (C=O) groups is 3. The smallest absolute Gasteiger partial charge is 0.343 e. The molecule has 0 saturated carbocycles. The first-order valence-corrected chi connectivity index (χ1v) is 12.6. The summed E-state index contributed by atoms with van der Waals surface area (Å²) in [5, 5.41) is 0. The predicted octanol–water partition coefficient (Wildman–Crippen LogP) is 6.59. The summed E-state index contributed by atoms with van der Waals surface area (Å²) < 4.78 is 17.1. The molecule has 5 aromatic carbocycles. The van der Waals surface area contributed by atoms with Crippen molar-refractivity contribution in [1.82, 2.24) is 0 Å². The standard InChI is InChI=1S/C34H22O6/c35-31(23-9-3-1-4-10-23)39-28-21-19-26(20-22-28)34(30-14-8-7-13-29(30)33(37)40-34)25-17-15-24(16-18-25)32(36)38-27-11-5-2-6-12-27/h1-22H. The average molecular weight is 527 g/mol. The number of benzene rings is 5. The number of hydrogen-bond acceptors (Lipinski definition) is 6. The summed E-state index contributed by atoms with van der Waals surface area (Å²) in [5.74, 6) is -0.634. The van der Waals surface area contributed by atoms with Crippen LogP contribution in [0.4, 0.5) is 0 Å². The van der Waals surface area contributed by atoms with Gasteiger partial charge in [0, 0.05) is 16.7 Å². The second-order valence-electron chi connectivity index (χ2n) is 9.18. The Morgan fingerprint density at radius 3 is 1.62 bits per heavy atom. The fraction of sp³-hybridized carbons (Fsp3) is 0.0294. The topological polar surface area (TPSA) is 78.9 Å². The van der Waals surface area contributed by atoms with Crippen molar-refractivity contribution >= 4 is 17.9 Å². The fourth-order valence-electron chi connectivity index (χ4n) is 4.81. The van der Waals surface area contributed by atoms with Crippen LogP contribution in [0.15, 0.2) is 133 Å². The van der Waals surface area contributed by atoms with Gasteiger partial charge in [-0.15, -0.1) is 0 Å². The van der Waals surface area contributed by atoms with Crippen molar-refractivity contribution in [2.45, 2.75) is 5.60 Å². The third-order valence-corrected chi connectivity index (χ3v) is 6.73. The zero-order chi connectivity index (χ0) is 27.5. The Hall–Kier alpha value is -5.49. The van der Waals surface area contributed by atoms with Crippen LogP contribution in [0, 0.1) is 0 Å². The van der Waals surface area contributed by atoms with E-state index in [1.807, 2.05) is 24.3 Å². The van der Waals surface area contributed by atoms with E-state index in [2.05, 4.69) is 0 Å². The molecule has 1 unspecified atom stereocenters. The molecule has 6 rings (SSSR count). The van der Waals surface area contributed by atoms with Crippen molar-refractivity contribution in [2.24, 2.45) is 0 Å². The number of cyclic esters (lactones) is 1. The Labute approximate surface area is 230 Å². The Bertz CT molecular complexity index is 1690. The molecule has 1 heterocycles. The Balaban J connectivity index is 1.34. The highest BCUT2D eigenvalue weighted by atomic mass is 16.6. The van der Waals surface area contributed by atoms with Gasteiger partial charge in [-0.2, -0.15) is 0 Å². The number of fused-ring (bicyclic) bond motifs is 1. The molecule has 1 aliphatic heterocycles. The molecule has 5 aromatic rings. The minimum atomic E-state index is -1.27. The molecule has 6 nitrogen and oxygen atoms in total. The van der Waals surface area contributed by atoms with Crippen LogP contribution in [0.3, 0.4) is 0 Å². The van der Waals surface area contributed by atoms with Gasteiger partial charge in [0.05, 0.1) is 16.7 Å². The van der Waals surface area contributed by atoms with Crippen LogP contribution in [-0.2, 0) is 10.3 Å². The summed E-state index contributed by atoms with van der Waals surface area (Å²) in [6.45, 7) is 0. The normalized spacial score (nSPS) is 15.6. The number of esters is 3. The second kappa shape index (κ2) is 10.3. The molecule has 1 aliphatic rings. The summed E-state index contributed by atoms with van der Waals surface area (Å²) >= 11 is 0. The van der Waals surface area contributed by atoms with Crippen molar-refractivity contribution in [3.05, 3.63) is 167 Å². The summed E-state index contributed by atoms with van der Waals surface area (Å²) in [5.41, 5.74) is 1.96. The number of carbonyl (C=O) groups excluding carboxylic acids is 3. The van der Waals surface area contributed by atoms with Crippen molar-refractivity contribution in [3.63, 3.8) is 0 Å². The van der Waals surface area contributed by atoms with E-state index in [1.165, 1.54) is 0 Å². The van der Waals surface area contributed by atoms with Crippen LogP contribution >= 0.6 is 0 Å². The van der Waals surface area contributed by atoms with E-state index in [0.717, 1.165) is 0 Å². The Kier molecular flexibility index (Phi) is 6.42. The molecule has 0 radical (unpaired) electrons. The van der Waals surface area contributed by atoms with E-state index in [4.69, 9.17) is 14.2 Å². The largest absolute Gasteiger partial charge is 0.441 e. The molecule has 0 fully saturated rings.